The Labute approximate surface area is 137 Å². The molecule has 23 heavy (non-hydrogen) atoms. The molecule has 0 fully saturated rings. The van der Waals surface area contributed by atoms with Gasteiger partial charge in [0.05, 0.1) is 10.5 Å². The summed E-state index contributed by atoms with van der Waals surface area (Å²) in [6.07, 6.45) is 15.7. The molecule has 0 aromatic rings. The van der Waals surface area contributed by atoms with Crippen LogP contribution in [0.25, 0.3) is 0 Å². The van der Waals surface area contributed by atoms with E-state index in [2.05, 4.69) is 13.2 Å². The van der Waals surface area contributed by atoms with Crippen LogP contribution in [0.5, 0.6) is 0 Å². The van der Waals surface area contributed by atoms with Gasteiger partial charge in [-0.25, -0.2) is 8.42 Å². The van der Waals surface area contributed by atoms with Gasteiger partial charge < -0.3 is 10.2 Å². The van der Waals surface area contributed by atoms with Crippen LogP contribution in [0.15, 0.2) is 73.9 Å². The van der Waals surface area contributed by atoms with Gasteiger partial charge in [-0.05, 0) is 0 Å². The molecule has 2 aliphatic carbocycles. The fraction of sp³-hybridized carbons (Fsp3) is 0.333. The summed E-state index contributed by atoms with van der Waals surface area (Å²) < 4.78 is 25.3. The number of sulfone groups is 1. The summed E-state index contributed by atoms with van der Waals surface area (Å²) in [4.78, 5) is 0. The Morgan fingerprint density at radius 3 is 1.39 bits per heavy atom. The maximum Gasteiger partial charge on any atom is 0.170 e. The molecule has 0 atom stereocenters. The fourth-order valence-corrected chi connectivity index (χ4v) is 4.19. The summed E-state index contributed by atoms with van der Waals surface area (Å²) >= 11 is 0. The minimum Gasteiger partial charge on any atom is -0.381 e. The first kappa shape index (κ1) is 17.7. The van der Waals surface area contributed by atoms with Crippen LogP contribution in [-0.2, 0) is 9.84 Å². The van der Waals surface area contributed by atoms with E-state index in [1.807, 2.05) is 0 Å². The Morgan fingerprint density at radius 2 is 1.13 bits per heavy atom. The first-order valence-electron chi connectivity index (χ1n) is 7.41. The molecule has 0 spiro atoms. The summed E-state index contributed by atoms with van der Waals surface area (Å²) in [5.74, 6) is 0. The minimum atomic E-state index is -3.54. The van der Waals surface area contributed by atoms with Crippen LogP contribution in [0.3, 0.4) is 0 Å². The van der Waals surface area contributed by atoms with Gasteiger partial charge in [-0.3, -0.25) is 0 Å². The third kappa shape index (κ3) is 3.80. The molecule has 0 saturated carbocycles. The maximum absolute atomic E-state index is 12.7. The molecule has 2 aliphatic rings. The lowest BCUT2D eigenvalue weighted by Crippen LogP contribution is -2.35. The number of rotatable bonds is 6. The lowest BCUT2D eigenvalue weighted by molar-refractivity contribution is 0.144. The normalized spacial score (nSPS) is 36.1. The highest BCUT2D eigenvalue weighted by Gasteiger charge is 2.34. The van der Waals surface area contributed by atoms with Gasteiger partial charge in [0.25, 0.3) is 0 Å². The highest BCUT2D eigenvalue weighted by Crippen LogP contribution is 2.28. The van der Waals surface area contributed by atoms with Crippen molar-refractivity contribution in [3.63, 3.8) is 0 Å². The van der Waals surface area contributed by atoms with Crippen molar-refractivity contribution in [1.29, 1.82) is 0 Å². The zero-order valence-corrected chi connectivity index (χ0v) is 13.7. The topological polar surface area (TPSA) is 74.6 Å². The van der Waals surface area contributed by atoms with Crippen molar-refractivity contribution in [3.8, 4) is 0 Å². The first-order valence-corrected chi connectivity index (χ1v) is 9.02. The smallest absolute Gasteiger partial charge is 0.170 e. The van der Waals surface area contributed by atoms with Crippen LogP contribution in [0, 0.1) is 0 Å². The second-order valence-corrected chi connectivity index (χ2v) is 8.19. The molecular weight excluding hydrogens is 312 g/mol. The highest BCUT2D eigenvalue weighted by atomic mass is 32.2. The summed E-state index contributed by atoms with van der Waals surface area (Å²) in [7, 11) is -3.54. The van der Waals surface area contributed by atoms with E-state index in [4.69, 9.17) is 0 Å². The van der Waals surface area contributed by atoms with Crippen molar-refractivity contribution in [1.82, 2.24) is 0 Å². The molecule has 0 bridgehead atoms. The lowest BCUT2D eigenvalue weighted by atomic mass is 9.94. The Morgan fingerprint density at radius 1 is 0.826 bits per heavy atom. The van der Waals surface area contributed by atoms with E-state index >= 15 is 0 Å². The standard InChI is InChI=1S/C18H22O4S/c1-3-9-17(19)11-5-15(6-12-17)23(21,22)16-7-13-18(20,10-4-2)14-8-16/h3-8,11-16,19-20H,1-2,9-10H2. The van der Waals surface area contributed by atoms with E-state index in [-0.39, 0.29) is 0 Å². The zero-order valence-electron chi connectivity index (χ0n) is 12.9. The lowest BCUT2D eigenvalue weighted by Gasteiger charge is -2.28. The van der Waals surface area contributed by atoms with Crippen molar-refractivity contribution in [2.24, 2.45) is 0 Å². The SMILES string of the molecule is C=CCC1(O)C=CC(S(=O)(=O)C2C=CC(O)(CC=C)C=C2)C=C1. The van der Waals surface area contributed by atoms with Crippen LogP contribution >= 0.6 is 0 Å². The largest absolute Gasteiger partial charge is 0.381 e. The van der Waals surface area contributed by atoms with E-state index < -0.39 is 31.5 Å². The van der Waals surface area contributed by atoms with Gasteiger partial charge in [0.15, 0.2) is 9.84 Å². The molecule has 0 aromatic carbocycles. The average Bonchev–Trinajstić information content (AvgIpc) is 2.48. The Balaban J connectivity index is 2.16. The van der Waals surface area contributed by atoms with Crippen LogP contribution in [0.1, 0.15) is 12.8 Å². The quantitative estimate of drug-likeness (QED) is 0.729. The second kappa shape index (κ2) is 6.43. The number of hydrogen-bond acceptors (Lipinski definition) is 4. The number of hydrogen-bond donors (Lipinski definition) is 2. The van der Waals surface area contributed by atoms with Gasteiger partial charge >= 0.3 is 0 Å². The predicted octanol–water partition coefficient (Wildman–Crippen LogP) is 2.00. The van der Waals surface area contributed by atoms with Crippen molar-refractivity contribution in [2.75, 3.05) is 0 Å². The molecule has 0 aromatic heterocycles. The third-order valence-electron chi connectivity index (χ3n) is 4.00. The molecule has 124 valence electrons. The molecule has 0 radical (unpaired) electrons. The molecule has 4 nitrogen and oxygen atoms in total. The maximum atomic E-state index is 12.7. The van der Waals surface area contributed by atoms with Crippen molar-refractivity contribution in [2.45, 2.75) is 34.5 Å². The van der Waals surface area contributed by atoms with E-state index in [0.29, 0.717) is 12.8 Å². The highest BCUT2D eigenvalue weighted by molar-refractivity contribution is 7.93. The molecule has 5 heteroatoms. The van der Waals surface area contributed by atoms with Gasteiger partial charge in [-0.2, -0.15) is 0 Å². The molecule has 0 heterocycles. The summed E-state index contributed by atoms with van der Waals surface area (Å²) in [6, 6.07) is 0. The van der Waals surface area contributed by atoms with Gasteiger partial charge in [0.2, 0.25) is 0 Å². The predicted molar refractivity (Wildman–Crippen MR) is 92.6 cm³/mol. The first-order chi connectivity index (χ1) is 10.7. The van der Waals surface area contributed by atoms with Crippen LogP contribution in [0.4, 0.5) is 0 Å². The van der Waals surface area contributed by atoms with Crippen LogP contribution in [0.2, 0.25) is 0 Å². The van der Waals surface area contributed by atoms with Crippen molar-refractivity contribution >= 4 is 9.84 Å². The third-order valence-corrected chi connectivity index (χ3v) is 6.15. The minimum absolute atomic E-state index is 0.324. The second-order valence-electron chi connectivity index (χ2n) is 5.92. The molecule has 0 aliphatic heterocycles. The van der Waals surface area contributed by atoms with Crippen LogP contribution < -0.4 is 0 Å². The molecule has 0 saturated heterocycles. The number of aliphatic hydroxyl groups is 2. The van der Waals surface area contributed by atoms with Gasteiger partial charge in [0, 0.05) is 12.8 Å². The van der Waals surface area contributed by atoms with Gasteiger partial charge in [-0.1, -0.05) is 60.8 Å². The summed E-state index contributed by atoms with van der Waals surface area (Å²) in [5.41, 5.74) is -2.34. The molecule has 0 unspecified atom stereocenters. The van der Waals surface area contributed by atoms with Gasteiger partial charge in [0.1, 0.15) is 11.2 Å². The Bertz CT molecular complexity index is 613. The Kier molecular flexibility index (Phi) is 4.94. The van der Waals surface area contributed by atoms with Crippen molar-refractivity contribution < 1.29 is 18.6 Å². The molecule has 2 rings (SSSR count). The van der Waals surface area contributed by atoms with Crippen LogP contribution in [-0.4, -0.2) is 40.3 Å². The molecular formula is C18H22O4S. The monoisotopic (exact) mass is 334 g/mol. The van der Waals surface area contributed by atoms with E-state index in [0.717, 1.165) is 0 Å². The average molecular weight is 334 g/mol. The summed E-state index contributed by atoms with van der Waals surface area (Å²) in [5, 5.41) is 18.7. The van der Waals surface area contributed by atoms with E-state index in [1.54, 1.807) is 12.2 Å². The van der Waals surface area contributed by atoms with E-state index in [9.17, 15) is 18.6 Å². The Hall–Kier alpha value is -1.69. The summed E-state index contributed by atoms with van der Waals surface area (Å²) in [6.45, 7) is 7.15. The molecule has 2 N–H and O–H groups in total. The molecule has 0 amide bonds. The zero-order chi connectivity index (χ0) is 17.1. The fourth-order valence-electron chi connectivity index (χ4n) is 2.64. The van der Waals surface area contributed by atoms with Gasteiger partial charge in [-0.15, -0.1) is 13.2 Å². The van der Waals surface area contributed by atoms with E-state index in [1.165, 1.54) is 48.6 Å². The van der Waals surface area contributed by atoms with Crippen molar-refractivity contribution in [3.05, 3.63) is 73.9 Å².